The summed E-state index contributed by atoms with van der Waals surface area (Å²) < 4.78 is 5.58. The molecule has 1 atom stereocenters. The molecular formula is C30H25N3O5. The number of amides is 2. The van der Waals surface area contributed by atoms with E-state index in [0.29, 0.717) is 22.8 Å². The molecule has 3 aliphatic rings. The fourth-order valence-corrected chi connectivity index (χ4v) is 5.89. The second-order valence-electron chi connectivity index (χ2n) is 9.72. The lowest BCUT2D eigenvalue weighted by atomic mass is 9.87. The first-order valence-electron chi connectivity index (χ1n) is 12.6. The molecule has 190 valence electrons. The number of ether oxygens (including phenoxy) is 1. The standard InChI is InChI=1S/C30H25N3O5/c1-19(34)38-30(33(36)37,32-18-22-9-3-2-8-21(22)17-31-29(32)35)28-12-6-11-24-26-14-13-20-7-4-5-10-23(20)25(26)15-16-27(24)28/h2-3,6-9,11-14,16-17H,4-5,10,15,18H2,1H3. The third-order valence-corrected chi connectivity index (χ3v) is 7.55. The van der Waals surface area contributed by atoms with Gasteiger partial charge in [-0.05, 0) is 74.9 Å². The average Bonchev–Trinajstić information content (AvgIpc) is 3.09. The van der Waals surface area contributed by atoms with Crippen LogP contribution in [0.25, 0.3) is 12.2 Å². The van der Waals surface area contributed by atoms with Crippen LogP contribution >= 0.6 is 0 Å². The number of urea groups is 1. The average molecular weight is 508 g/mol. The molecule has 1 heterocycles. The van der Waals surface area contributed by atoms with Crippen molar-refractivity contribution in [3.05, 3.63) is 113 Å². The summed E-state index contributed by atoms with van der Waals surface area (Å²) in [4.78, 5) is 43.0. The highest BCUT2D eigenvalue weighted by atomic mass is 16.7. The van der Waals surface area contributed by atoms with Crippen LogP contribution in [-0.4, -0.2) is 28.0 Å². The smallest absolute Gasteiger partial charge is 0.374 e. The van der Waals surface area contributed by atoms with Gasteiger partial charge in [-0.3, -0.25) is 14.9 Å². The van der Waals surface area contributed by atoms with Crippen LogP contribution in [0.5, 0.6) is 0 Å². The lowest BCUT2D eigenvalue weighted by molar-refractivity contribution is -0.663. The van der Waals surface area contributed by atoms with Gasteiger partial charge in [0.25, 0.3) is 0 Å². The lowest BCUT2D eigenvalue weighted by Gasteiger charge is -2.34. The summed E-state index contributed by atoms with van der Waals surface area (Å²) in [5.41, 5.74) is 3.97. The minimum atomic E-state index is -2.61. The highest BCUT2D eigenvalue weighted by molar-refractivity contribution is 5.94. The van der Waals surface area contributed by atoms with E-state index < -0.39 is 22.8 Å². The van der Waals surface area contributed by atoms with E-state index in [1.807, 2.05) is 12.1 Å². The van der Waals surface area contributed by atoms with Crippen molar-refractivity contribution in [2.24, 2.45) is 4.99 Å². The number of nitrogens with zero attached hydrogens (tertiary/aromatic N) is 3. The molecule has 0 saturated carbocycles. The molecular weight excluding hydrogens is 482 g/mol. The van der Waals surface area contributed by atoms with Crippen molar-refractivity contribution < 1.29 is 19.2 Å². The fraction of sp³-hybridized carbons (Fsp3) is 0.233. The van der Waals surface area contributed by atoms with E-state index >= 15 is 0 Å². The van der Waals surface area contributed by atoms with Gasteiger partial charge in [0.15, 0.2) is 0 Å². The summed E-state index contributed by atoms with van der Waals surface area (Å²) in [7, 11) is 0. The van der Waals surface area contributed by atoms with Gasteiger partial charge in [-0.2, -0.15) is 0 Å². The maximum absolute atomic E-state index is 13.3. The summed E-state index contributed by atoms with van der Waals surface area (Å²) in [5.74, 6) is -3.49. The highest BCUT2D eigenvalue weighted by Gasteiger charge is 2.58. The van der Waals surface area contributed by atoms with Crippen molar-refractivity contribution in [3.63, 3.8) is 0 Å². The van der Waals surface area contributed by atoms with Crippen molar-refractivity contribution in [1.82, 2.24) is 4.90 Å². The number of fused-ring (bicyclic) bond motifs is 5. The molecule has 1 aliphatic heterocycles. The van der Waals surface area contributed by atoms with E-state index in [4.69, 9.17) is 4.74 Å². The van der Waals surface area contributed by atoms with Gasteiger partial charge >= 0.3 is 17.8 Å². The zero-order valence-corrected chi connectivity index (χ0v) is 20.8. The number of carbonyl (C=O) groups excluding carboxylic acids is 2. The molecule has 0 bridgehead atoms. The van der Waals surface area contributed by atoms with Gasteiger partial charge in [0.05, 0.1) is 11.5 Å². The molecule has 0 saturated heterocycles. The second-order valence-corrected chi connectivity index (χ2v) is 9.72. The molecule has 6 rings (SSSR count). The predicted octanol–water partition coefficient (Wildman–Crippen LogP) is 3.43. The Labute approximate surface area is 218 Å². The zero-order chi connectivity index (χ0) is 26.4. The number of aliphatic imine (C=N–C) groups is 1. The minimum Gasteiger partial charge on any atom is -0.374 e. The Kier molecular flexibility index (Phi) is 5.67. The van der Waals surface area contributed by atoms with Crippen LogP contribution in [0.2, 0.25) is 0 Å². The van der Waals surface area contributed by atoms with Crippen LogP contribution in [0.1, 0.15) is 47.6 Å². The van der Waals surface area contributed by atoms with Gasteiger partial charge < -0.3 is 4.74 Å². The fourth-order valence-electron chi connectivity index (χ4n) is 5.89. The summed E-state index contributed by atoms with van der Waals surface area (Å²) in [6.45, 7) is 0.946. The van der Waals surface area contributed by atoms with Gasteiger partial charge in [0, 0.05) is 13.1 Å². The Morgan fingerprint density at radius 2 is 1.89 bits per heavy atom. The summed E-state index contributed by atoms with van der Waals surface area (Å²) in [6, 6.07) is 15.6. The largest absolute Gasteiger partial charge is 0.484 e. The Morgan fingerprint density at radius 1 is 1.05 bits per heavy atom. The van der Waals surface area contributed by atoms with Crippen molar-refractivity contribution in [1.29, 1.82) is 0 Å². The molecule has 0 N–H and O–H groups in total. The molecule has 2 amide bonds. The van der Waals surface area contributed by atoms with Crippen LogP contribution in [-0.2, 0) is 34.8 Å². The monoisotopic (exact) mass is 507 g/mol. The van der Waals surface area contributed by atoms with Crippen LogP contribution < -0.4 is 10.4 Å². The molecule has 3 aromatic carbocycles. The summed E-state index contributed by atoms with van der Waals surface area (Å²) >= 11 is 0. The molecule has 3 aromatic rings. The number of carbonyl (C=O) groups is 2. The molecule has 1 unspecified atom stereocenters. The maximum Gasteiger partial charge on any atom is 0.484 e. The number of rotatable bonds is 4. The first-order valence-corrected chi connectivity index (χ1v) is 12.6. The second kappa shape index (κ2) is 9.06. The molecule has 0 fully saturated rings. The number of benzene rings is 3. The SMILES string of the molecule is CC(=O)OC(c1cccc2c1=CCc1c3c(ccc1=2)=CCCC3)(N1Cc2ccccc2C=NC1=O)[N+](=O)[O-]. The van der Waals surface area contributed by atoms with Crippen molar-refractivity contribution in [2.75, 3.05) is 0 Å². The third kappa shape index (κ3) is 3.63. The number of hydrogen-bond acceptors (Lipinski definition) is 5. The van der Waals surface area contributed by atoms with Gasteiger partial charge in [0.1, 0.15) is 5.56 Å². The third-order valence-electron chi connectivity index (χ3n) is 7.55. The van der Waals surface area contributed by atoms with Crippen LogP contribution in [0.15, 0.2) is 59.6 Å². The van der Waals surface area contributed by atoms with E-state index in [1.165, 1.54) is 22.6 Å². The molecule has 0 aromatic heterocycles. The first kappa shape index (κ1) is 23.8. The number of hydrogen-bond donors (Lipinski definition) is 0. The Balaban J connectivity index is 1.66. The van der Waals surface area contributed by atoms with E-state index in [2.05, 4.69) is 23.2 Å². The molecule has 8 nitrogen and oxygen atoms in total. The van der Waals surface area contributed by atoms with Crippen LogP contribution in [0.3, 0.4) is 0 Å². The van der Waals surface area contributed by atoms with Crippen molar-refractivity contribution in [3.8, 4) is 0 Å². The van der Waals surface area contributed by atoms with E-state index in [-0.39, 0.29) is 12.1 Å². The van der Waals surface area contributed by atoms with Gasteiger partial charge in [0.2, 0.25) is 0 Å². The lowest BCUT2D eigenvalue weighted by Crippen LogP contribution is -2.58. The summed E-state index contributed by atoms with van der Waals surface area (Å²) in [6.07, 6.45) is 9.31. The molecule has 8 heteroatoms. The van der Waals surface area contributed by atoms with Gasteiger partial charge in [-0.25, -0.2) is 14.7 Å². The van der Waals surface area contributed by atoms with E-state index in [1.54, 1.807) is 36.4 Å². The van der Waals surface area contributed by atoms with Crippen LogP contribution in [0.4, 0.5) is 4.79 Å². The molecule has 0 radical (unpaired) electrons. The molecule has 38 heavy (non-hydrogen) atoms. The Morgan fingerprint density at radius 3 is 2.71 bits per heavy atom. The minimum absolute atomic E-state index is 0.119. The number of esters is 1. The van der Waals surface area contributed by atoms with Crippen molar-refractivity contribution in [2.45, 2.75) is 45.0 Å². The van der Waals surface area contributed by atoms with E-state index in [0.717, 1.165) is 41.5 Å². The number of nitro groups is 1. The highest BCUT2D eigenvalue weighted by Crippen LogP contribution is 2.34. The van der Waals surface area contributed by atoms with E-state index in [9.17, 15) is 19.7 Å². The van der Waals surface area contributed by atoms with Gasteiger partial charge in [-0.1, -0.05) is 60.7 Å². The first-order chi connectivity index (χ1) is 18.4. The molecule has 2 aliphatic carbocycles. The maximum atomic E-state index is 13.3. The van der Waals surface area contributed by atoms with Gasteiger partial charge in [-0.15, -0.1) is 0 Å². The topological polar surface area (TPSA) is 102 Å². The quantitative estimate of drug-likeness (QED) is 0.233. The zero-order valence-electron chi connectivity index (χ0n) is 20.8. The Bertz CT molecular complexity index is 1780. The summed E-state index contributed by atoms with van der Waals surface area (Å²) in [5, 5.41) is 16.6. The molecule has 0 spiro atoms. The van der Waals surface area contributed by atoms with Crippen molar-refractivity contribution >= 4 is 30.4 Å². The normalized spacial score (nSPS) is 16.9. The van der Waals surface area contributed by atoms with Crippen LogP contribution in [0, 0.1) is 20.6 Å². The Hall–Kier alpha value is -4.59. The predicted molar refractivity (Wildman–Crippen MR) is 141 cm³/mol.